The number of anilines is 1. The van der Waals surface area contributed by atoms with Gasteiger partial charge in [0.1, 0.15) is 23.2 Å². The number of primary amides is 1. The molecule has 1 aliphatic rings. The van der Waals surface area contributed by atoms with E-state index in [1.54, 1.807) is 20.8 Å². The summed E-state index contributed by atoms with van der Waals surface area (Å²) >= 11 is 0. The highest BCUT2D eigenvalue weighted by molar-refractivity contribution is 6.06. The number of aliphatic hydroxyl groups is 2. The lowest BCUT2D eigenvalue weighted by Crippen LogP contribution is -2.65. The topological polar surface area (TPSA) is 220 Å². The second kappa shape index (κ2) is 13.3. The summed E-state index contributed by atoms with van der Waals surface area (Å²) in [5, 5.41) is 43.9. The lowest BCUT2D eigenvalue weighted by molar-refractivity contribution is -0.304. The molecular weight excluding hydrogens is 592 g/mol. The summed E-state index contributed by atoms with van der Waals surface area (Å²) in [6.45, 7) is 6.69. The molecule has 1 aromatic heterocycles. The van der Waals surface area contributed by atoms with Crippen molar-refractivity contribution in [2.24, 2.45) is 11.7 Å². The molecule has 1 saturated heterocycles. The van der Waals surface area contributed by atoms with Crippen LogP contribution in [-0.2, 0) is 20.6 Å². The fourth-order valence-electron chi connectivity index (χ4n) is 5.28. The van der Waals surface area contributed by atoms with Gasteiger partial charge in [0.2, 0.25) is 6.29 Å². The fourth-order valence-corrected chi connectivity index (χ4v) is 5.28. The molecule has 14 heteroatoms. The molecule has 2 amide bonds. The maximum absolute atomic E-state index is 13.0. The van der Waals surface area contributed by atoms with Gasteiger partial charge in [0.25, 0.3) is 5.91 Å². The highest BCUT2D eigenvalue weighted by atomic mass is 16.7. The Labute approximate surface area is 258 Å². The molecule has 7 N–H and O–H groups in total. The van der Waals surface area contributed by atoms with Crippen LogP contribution < -0.4 is 21.4 Å². The van der Waals surface area contributed by atoms with Crippen LogP contribution in [0.3, 0.4) is 0 Å². The van der Waals surface area contributed by atoms with Gasteiger partial charge < -0.3 is 54.8 Å². The van der Waals surface area contributed by atoms with Gasteiger partial charge in [-0.1, -0.05) is 6.92 Å². The molecule has 0 aliphatic carbocycles. The Kier molecular flexibility index (Phi) is 9.92. The number of nitrogens with two attached hydrogens (primary N) is 1. The van der Waals surface area contributed by atoms with E-state index in [-0.39, 0.29) is 46.1 Å². The lowest BCUT2D eigenvalue weighted by atomic mass is 9.89. The number of phenols is 1. The summed E-state index contributed by atoms with van der Waals surface area (Å²) in [6, 6.07) is 7.03. The minimum atomic E-state index is -1.53. The van der Waals surface area contributed by atoms with Gasteiger partial charge in [-0.05, 0) is 75.4 Å². The Morgan fingerprint density at radius 1 is 1.18 bits per heavy atom. The Morgan fingerprint density at radius 3 is 2.53 bits per heavy atom. The second-order valence-corrected chi connectivity index (χ2v) is 11.6. The van der Waals surface area contributed by atoms with Gasteiger partial charge in [0.15, 0.2) is 23.6 Å². The summed E-state index contributed by atoms with van der Waals surface area (Å²) in [7, 11) is 1.36. The van der Waals surface area contributed by atoms with Crippen molar-refractivity contribution >= 4 is 28.7 Å². The lowest BCUT2D eigenvalue weighted by Gasteiger charge is -2.47. The molecule has 2 aromatic carbocycles. The van der Waals surface area contributed by atoms with Crippen LogP contribution in [0.1, 0.15) is 48.7 Å². The molecule has 14 nitrogen and oxygen atoms in total. The van der Waals surface area contributed by atoms with E-state index >= 15 is 0 Å². The summed E-state index contributed by atoms with van der Waals surface area (Å²) in [4.78, 5) is 37.5. The van der Waals surface area contributed by atoms with Crippen LogP contribution in [0.4, 0.5) is 10.5 Å². The second-order valence-electron chi connectivity index (χ2n) is 11.6. The third kappa shape index (κ3) is 6.99. The first-order valence-corrected chi connectivity index (χ1v) is 14.2. The number of aromatic hydroxyl groups is 2. The van der Waals surface area contributed by atoms with Gasteiger partial charge >= 0.3 is 11.7 Å². The highest BCUT2D eigenvalue weighted by Crippen LogP contribution is 2.38. The van der Waals surface area contributed by atoms with Crippen LogP contribution in [0.2, 0.25) is 0 Å². The standard InChI is InChI=1S/C31H38N2O12/c1-14(13-34)6-7-16-12-17(8-10-19(16)35)27(38)33-21-22(36)18-9-11-20(15(2)24(18)43-28(21)39)42-29-23(37)25(44-30(32)40)26(41-5)31(3,4)45-29/h8-12,14,23,25-26,29,34-37H,6-7,13H2,1-5H3,(H2,32,40)(H,33,38)/t14?,23-,25+,26-,29-/m1/s1. The molecule has 244 valence electrons. The molecule has 1 fully saturated rings. The first-order valence-electron chi connectivity index (χ1n) is 14.2. The first kappa shape index (κ1) is 33.5. The van der Waals surface area contributed by atoms with Crippen LogP contribution >= 0.6 is 0 Å². The smallest absolute Gasteiger partial charge is 0.404 e. The largest absolute Gasteiger partial charge is 0.508 e. The number of nitrogens with one attached hydrogen (secondary N) is 1. The van der Waals surface area contributed by atoms with E-state index in [4.69, 9.17) is 29.1 Å². The zero-order valence-electron chi connectivity index (χ0n) is 25.5. The van der Waals surface area contributed by atoms with Gasteiger partial charge in [-0.25, -0.2) is 9.59 Å². The van der Waals surface area contributed by atoms with Crippen molar-refractivity contribution in [3.63, 3.8) is 0 Å². The summed E-state index contributed by atoms with van der Waals surface area (Å²) in [6.07, 6.45) is -5.15. The predicted octanol–water partition coefficient (Wildman–Crippen LogP) is 2.68. The van der Waals surface area contributed by atoms with E-state index in [9.17, 15) is 34.8 Å². The van der Waals surface area contributed by atoms with Crippen molar-refractivity contribution in [1.82, 2.24) is 0 Å². The van der Waals surface area contributed by atoms with Crippen molar-refractivity contribution in [3.8, 4) is 17.2 Å². The van der Waals surface area contributed by atoms with E-state index in [1.807, 2.05) is 6.92 Å². The van der Waals surface area contributed by atoms with Crippen molar-refractivity contribution in [2.75, 3.05) is 19.0 Å². The molecule has 5 atom stereocenters. The molecule has 0 saturated carbocycles. The number of aryl methyl sites for hydroxylation is 2. The zero-order chi connectivity index (χ0) is 33.2. The third-order valence-corrected chi connectivity index (χ3v) is 7.81. The SMILES string of the molecule is CO[C@@H]1[C@@H](OC(N)=O)[C@@H](O)[C@H](Oc2ccc3c(O)c(NC(=O)c4ccc(O)c(CCC(C)CO)c4)c(=O)oc3c2C)OC1(C)C. The molecule has 0 spiro atoms. The van der Waals surface area contributed by atoms with Crippen molar-refractivity contribution in [2.45, 2.75) is 70.7 Å². The third-order valence-electron chi connectivity index (χ3n) is 7.81. The maximum atomic E-state index is 13.0. The number of benzene rings is 2. The van der Waals surface area contributed by atoms with Gasteiger partial charge in [-0.3, -0.25) is 4.79 Å². The van der Waals surface area contributed by atoms with Crippen LogP contribution in [0.15, 0.2) is 39.5 Å². The van der Waals surface area contributed by atoms with E-state index in [0.29, 0.717) is 18.4 Å². The van der Waals surface area contributed by atoms with Crippen LogP contribution in [-0.4, -0.2) is 76.3 Å². The van der Waals surface area contributed by atoms with Crippen molar-refractivity contribution in [1.29, 1.82) is 0 Å². The van der Waals surface area contributed by atoms with Gasteiger partial charge in [0.05, 0.1) is 11.0 Å². The fraction of sp³-hybridized carbons (Fsp3) is 0.452. The molecule has 1 unspecified atom stereocenters. The average Bonchev–Trinajstić information content (AvgIpc) is 2.98. The number of phenolic OH excluding ortho intramolecular Hbond substituents is 1. The normalized spacial score (nSPS) is 21.7. The Balaban J connectivity index is 1.60. The number of methoxy groups -OCH3 is 1. The first-order chi connectivity index (χ1) is 21.2. The quantitative estimate of drug-likeness (QED) is 0.178. The number of rotatable bonds is 10. The molecule has 0 bridgehead atoms. The number of carbonyl (C=O) groups excluding carboxylic acids is 2. The Bertz CT molecular complexity index is 1640. The molecule has 2 heterocycles. The zero-order valence-corrected chi connectivity index (χ0v) is 25.5. The number of aliphatic hydroxyl groups excluding tert-OH is 2. The van der Waals surface area contributed by atoms with Crippen LogP contribution in [0.5, 0.6) is 17.2 Å². The number of ether oxygens (including phenoxy) is 4. The number of carbonyl (C=O) groups is 2. The summed E-state index contributed by atoms with van der Waals surface area (Å²) < 4.78 is 27.9. The number of hydrogen-bond donors (Lipinski definition) is 6. The summed E-state index contributed by atoms with van der Waals surface area (Å²) in [5.74, 6) is -1.17. The number of fused-ring (bicyclic) bond motifs is 1. The van der Waals surface area contributed by atoms with Crippen LogP contribution in [0.25, 0.3) is 11.0 Å². The molecule has 1 aliphatic heterocycles. The minimum Gasteiger partial charge on any atom is -0.508 e. The van der Waals surface area contributed by atoms with Gasteiger partial charge in [-0.15, -0.1) is 0 Å². The molecular formula is C31H38N2O12. The number of amides is 2. The van der Waals surface area contributed by atoms with Gasteiger partial charge in [0, 0.05) is 24.8 Å². The Morgan fingerprint density at radius 2 is 1.89 bits per heavy atom. The predicted molar refractivity (Wildman–Crippen MR) is 160 cm³/mol. The Hall–Kier alpha value is -4.37. The molecule has 45 heavy (non-hydrogen) atoms. The summed E-state index contributed by atoms with van der Waals surface area (Å²) in [5.41, 5.74) is 3.38. The van der Waals surface area contributed by atoms with Crippen molar-refractivity contribution < 1.29 is 53.4 Å². The van der Waals surface area contributed by atoms with Gasteiger partial charge in [-0.2, -0.15) is 0 Å². The monoisotopic (exact) mass is 630 g/mol. The maximum Gasteiger partial charge on any atom is 0.404 e. The number of hydrogen-bond acceptors (Lipinski definition) is 12. The van der Waals surface area contributed by atoms with Crippen LogP contribution in [0, 0.1) is 12.8 Å². The molecule has 3 aromatic rings. The van der Waals surface area contributed by atoms with E-state index in [0.717, 1.165) is 0 Å². The van der Waals surface area contributed by atoms with E-state index in [2.05, 4.69) is 5.32 Å². The highest BCUT2D eigenvalue weighted by Gasteiger charge is 2.53. The van der Waals surface area contributed by atoms with E-state index in [1.165, 1.54) is 37.4 Å². The molecule has 4 rings (SSSR count). The molecule has 0 radical (unpaired) electrons. The average molecular weight is 631 g/mol. The van der Waals surface area contributed by atoms with E-state index < -0.39 is 59.3 Å². The minimum absolute atomic E-state index is 0.00156. The van der Waals surface area contributed by atoms with Crippen molar-refractivity contribution in [3.05, 3.63) is 57.4 Å².